The van der Waals surface area contributed by atoms with Gasteiger partial charge in [0, 0.05) is 6.20 Å². The number of H-pyrrole nitrogens is 1. The number of rotatable bonds is 2. The van der Waals surface area contributed by atoms with E-state index in [2.05, 4.69) is 9.97 Å². The first-order valence-corrected chi connectivity index (χ1v) is 4.34. The first kappa shape index (κ1) is 8.89. The van der Waals surface area contributed by atoms with Gasteiger partial charge < -0.3 is 10.1 Å². The summed E-state index contributed by atoms with van der Waals surface area (Å²) in [6.07, 6.45) is 1.60. The number of pyridine rings is 1. The first-order chi connectivity index (χ1) is 6.68. The van der Waals surface area contributed by atoms with Gasteiger partial charge in [0.05, 0.1) is 5.52 Å². The predicted octanol–water partition coefficient (Wildman–Crippen LogP) is 1.18. The van der Waals surface area contributed by atoms with Crippen LogP contribution < -0.4 is 0 Å². The monoisotopic (exact) mass is 209 g/mol. The number of carboxylic acid groups (broad SMARTS) is 1. The third kappa shape index (κ3) is 1.39. The average Bonchev–Trinajstić information content (AvgIpc) is 2.43. The van der Waals surface area contributed by atoms with E-state index in [0.29, 0.717) is 10.4 Å². The van der Waals surface area contributed by atoms with Crippen LogP contribution in [0, 0.1) is 4.77 Å². The van der Waals surface area contributed by atoms with E-state index in [4.69, 9.17) is 17.3 Å². The molecule has 6 heteroatoms. The van der Waals surface area contributed by atoms with Crippen LogP contribution in [-0.4, -0.2) is 25.6 Å². The highest BCUT2D eigenvalue weighted by atomic mass is 32.1. The van der Waals surface area contributed by atoms with Crippen LogP contribution in [0.5, 0.6) is 0 Å². The normalized spacial score (nSPS) is 10.6. The first-order valence-electron chi connectivity index (χ1n) is 3.94. The zero-order valence-electron chi connectivity index (χ0n) is 7.10. The fraction of sp³-hybridized carbons (Fsp3) is 0.125. The van der Waals surface area contributed by atoms with Gasteiger partial charge in [0.2, 0.25) is 0 Å². The van der Waals surface area contributed by atoms with Gasteiger partial charge in [-0.1, -0.05) is 0 Å². The molecule has 72 valence electrons. The van der Waals surface area contributed by atoms with Crippen LogP contribution in [0.2, 0.25) is 0 Å². The maximum atomic E-state index is 10.6. The van der Waals surface area contributed by atoms with Gasteiger partial charge in [-0.25, -0.2) is 4.98 Å². The number of nitrogens with zero attached hydrogens (tertiary/aromatic N) is 2. The van der Waals surface area contributed by atoms with E-state index >= 15 is 0 Å². The summed E-state index contributed by atoms with van der Waals surface area (Å²) < 4.78 is 1.83. The Balaban J connectivity index is 2.68. The molecular weight excluding hydrogens is 202 g/mol. The summed E-state index contributed by atoms with van der Waals surface area (Å²) in [5.74, 6) is -0.937. The molecule has 0 radical (unpaired) electrons. The summed E-state index contributed by atoms with van der Waals surface area (Å²) in [4.78, 5) is 17.5. The van der Waals surface area contributed by atoms with Gasteiger partial charge in [0.15, 0.2) is 10.4 Å². The predicted molar refractivity (Wildman–Crippen MR) is 52.6 cm³/mol. The van der Waals surface area contributed by atoms with E-state index in [9.17, 15) is 4.79 Å². The van der Waals surface area contributed by atoms with Crippen molar-refractivity contribution in [3.8, 4) is 0 Å². The Kier molecular flexibility index (Phi) is 2.05. The minimum absolute atomic E-state index is 0.171. The van der Waals surface area contributed by atoms with Crippen molar-refractivity contribution >= 4 is 29.4 Å². The van der Waals surface area contributed by atoms with Crippen LogP contribution in [0.4, 0.5) is 0 Å². The topological polar surface area (TPSA) is 70.9 Å². The smallest absolute Gasteiger partial charge is 0.323 e. The van der Waals surface area contributed by atoms with Crippen LogP contribution >= 0.6 is 12.2 Å². The molecule has 0 atom stereocenters. The number of aromatic nitrogens is 3. The average molecular weight is 209 g/mol. The van der Waals surface area contributed by atoms with Crippen LogP contribution in [0.15, 0.2) is 18.3 Å². The van der Waals surface area contributed by atoms with E-state index in [1.54, 1.807) is 18.3 Å². The molecule has 0 aromatic carbocycles. The molecule has 2 heterocycles. The second kappa shape index (κ2) is 3.22. The zero-order chi connectivity index (χ0) is 10.1. The summed E-state index contributed by atoms with van der Waals surface area (Å²) in [6.45, 7) is -0.171. The van der Waals surface area contributed by atoms with Gasteiger partial charge in [0.1, 0.15) is 6.54 Å². The number of carbonyl (C=O) groups is 1. The molecule has 2 rings (SSSR count). The Hall–Kier alpha value is -1.69. The lowest BCUT2D eigenvalue weighted by Crippen LogP contribution is -2.08. The number of aliphatic carboxylic acids is 1. The molecule has 0 bridgehead atoms. The zero-order valence-corrected chi connectivity index (χ0v) is 7.91. The van der Waals surface area contributed by atoms with Crippen molar-refractivity contribution in [3.63, 3.8) is 0 Å². The number of aromatic amines is 1. The molecule has 14 heavy (non-hydrogen) atoms. The second-order valence-electron chi connectivity index (χ2n) is 2.78. The molecule has 0 fully saturated rings. The van der Waals surface area contributed by atoms with Gasteiger partial charge in [-0.15, -0.1) is 0 Å². The molecule has 0 aliphatic rings. The second-order valence-corrected chi connectivity index (χ2v) is 3.17. The number of hydrogen-bond acceptors (Lipinski definition) is 3. The van der Waals surface area contributed by atoms with Crippen LogP contribution in [0.25, 0.3) is 11.2 Å². The summed E-state index contributed by atoms with van der Waals surface area (Å²) in [6, 6.07) is 3.56. The third-order valence-electron chi connectivity index (χ3n) is 1.82. The van der Waals surface area contributed by atoms with Crippen LogP contribution in [0.3, 0.4) is 0 Å². The van der Waals surface area contributed by atoms with Crippen LogP contribution in [-0.2, 0) is 11.3 Å². The summed E-state index contributed by atoms with van der Waals surface area (Å²) in [7, 11) is 0. The van der Waals surface area contributed by atoms with Crippen LogP contribution in [0.1, 0.15) is 0 Å². The molecule has 2 aromatic rings. The van der Waals surface area contributed by atoms with E-state index < -0.39 is 5.97 Å². The maximum Gasteiger partial charge on any atom is 0.323 e. The van der Waals surface area contributed by atoms with E-state index in [1.807, 2.05) is 0 Å². The summed E-state index contributed by atoms with van der Waals surface area (Å²) in [5, 5.41) is 8.66. The van der Waals surface area contributed by atoms with E-state index in [0.717, 1.165) is 5.52 Å². The van der Waals surface area contributed by atoms with Crippen molar-refractivity contribution in [1.82, 2.24) is 14.5 Å². The van der Waals surface area contributed by atoms with Crippen molar-refractivity contribution in [2.75, 3.05) is 0 Å². The highest BCUT2D eigenvalue weighted by molar-refractivity contribution is 7.71. The van der Waals surface area contributed by atoms with Crippen molar-refractivity contribution < 1.29 is 9.90 Å². The quantitative estimate of drug-likeness (QED) is 0.728. The van der Waals surface area contributed by atoms with Gasteiger partial charge >= 0.3 is 5.97 Å². The van der Waals surface area contributed by atoms with Gasteiger partial charge in [-0.05, 0) is 24.4 Å². The Morgan fingerprint density at radius 2 is 2.50 bits per heavy atom. The highest BCUT2D eigenvalue weighted by Crippen LogP contribution is 2.09. The highest BCUT2D eigenvalue weighted by Gasteiger charge is 2.07. The lowest BCUT2D eigenvalue weighted by molar-refractivity contribution is -0.137. The standard InChI is InChI=1S/C8H7N3O2S/c12-6(13)4-11-7-5(10-8(11)14)2-1-3-9-7/h1-3H,4H2,(H,10,14)(H,12,13). The molecule has 2 N–H and O–H groups in total. The number of imidazole rings is 1. The molecule has 0 amide bonds. The largest absolute Gasteiger partial charge is 0.480 e. The number of carboxylic acids is 1. The fourth-order valence-corrected chi connectivity index (χ4v) is 1.53. The number of nitrogens with one attached hydrogen (secondary N) is 1. The molecule has 0 saturated carbocycles. The Morgan fingerprint density at radius 1 is 1.71 bits per heavy atom. The summed E-state index contributed by atoms with van der Waals surface area (Å²) in [5.41, 5.74) is 1.32. The number of hydrogen-bond donors (Lipinski definition) is 2. The molecule has 2 aromatic heterocycles. The Labute approximate surface area is 84.0 Å². The summed E-state index contributed by atoms with van der Waals surface area (Å²) >= 11 is 4.98. The van der Waals surface area contributed by atoms with Crippen molar-refractivity contribution in [1.29, 1.82) is 0 Å². The fourth-order valence-electron chi connectivity index (χ4n) is 1.27. The van der Waals surface area contributed by atoms with E-state index in [-0.39, 0.29) is 6.54 Å². The molecular formula is C8H7N3O2S. The van der Waals surface area contributed by atoms with Gasteiger partial charge in [-0.3, -0.25) is 9.36 Å². The molecule has 0 unspecified atom stereocenters. The molecule has 0 aliphatic heterocycles. The van der Waals surface area contributed by atoms with Gasteiger partial charge in [0.25, 0.3) is 0 Å². The molecule has 0 saturated heterocycles. The molecule has 5 nitrogen and oxygen atoms in total. The minimum atomic E-state index is -0.937. The van der Waals surface area contributed by atoms with Crippen molar-refractivity contribution in [2.45, 2.75) is 6.54 Å². The third-order valence-corrected chi connectivity index (χ3v) is 2.14. The lowest BCUT2D eigenvalue weighted by Gasteiger charge is -1.97. The lowest BCUT2D eigenvalue weighted by atomic mass is 10.4. The van der Waals surface area contributed by atoms with Crippen molar-refractivity contribution in [3.05, 3.63) is 23.1 Å². The SMILES string of the molecule is O=C(O)Cn1c(=S)[nH]c2cccnc21. The van der Waals surface area contributed by atoms with Crippen molar-refractivity contribution in [2.24, 2.45) is 0 Å². The van der Waals surface area contributed by atoms with E-state index in [1.165, 1.54) is 4.57 Å². The Morgan fingerprint density at radius 3 is 3.21 bits per heavy atom. The van der Waals surface area contributed by atoms with Gasteiger partial charge in [-0.2, -0.15) is 0 Å². The molecule has 0 aliphatic carbocycles. The minimum Gasteiger partial charge on any atom is -0.480 e. The maximum absolute atomic E-state index is 10.6. The molecule has 0 spiro atoms. The number of fused-ring (bicyclic) bond motifs is 1. The Bertz CT molecular complexity index is 543.